The topological polar surface area (TPSA) is 62.3 Å². The molecule has 1 unspecified atom stereocenters. The van der Waals surface area contributed by atoms with Crippen molar-refractivity contribution in [1.82, 2.24) is 4.98 Å². The van der Waals surface area contributed by atoms with Gasteiger partial charge in [-0.1, -0.05) is 6.92 Å². The van der Waals surface area contributed by atoms with Crippen molar-refractivity contribution < 1.29 is 14.6 Å². The van der Waals surface area contributed by atoms with Crippen LogP contribution in [-0.2, 0) is 11.2 Å². The third-order valence-corrected chi connectivity index (χ3v) is 3.61. The molecule has 4 heteroatoms. The molecule has 19 heavy (non-hydrogen) atoms. The molecule has 4 nitrogen and oxygen atoms in total. The Kier molecular flexibility index (Phi) is 3.51. The van der Waals surface area contributed by atoms with Crippen LogP contribution in [0.5, 0.6) is 5.75 Å². The first kappa shape index (κ1) is 13.5. The van der Waals surface area contributed by atoms with E-state index >= 15 is 0 Å². The van der Waals surface area contributed by atoms with E-state index in [1.54, 1.807) is 14.0 Å². The summed E-state index contributed by atoms with van der Waals surface area (Å²) >= 11 is 0. The van der Waals surface area contributed by atoms with Gasteiger partial charge in [-0.25, -0.2) is 0 Å². The van der Waals surface area contributed by atoms with Crippen molar-refractivity contribution in [2.45, 2.75) is 27.2 Å². The molecule has 0 aliphatic rings. The average Bonchev–Trinajstić information content (AvgIpc) is 2.67. The maximum Gasteiger partial charge on any atom is 0.306 e. The SMILES string of the molecule is COc1cc(C)c2[nH]c(CC(C)C(=O)O)c(C)c2c1. The summed E-state index contributed by atoms with van der Waals surface area (Å²) in [6.45, 7) is 5.76. The molecule has 1 aromatic heterocycles. The van der Waals surface area contributed by atoms with Crippen molar-refractivity contribution in [3.8, 4) is 5.75 Å². The first-order valence-corrected chi connectivity index (χ1v) is 6.32. The molecule has 1 atom stereocenters. The highest BCUT2D eigenvalue weighted by atomic mass is 16.5. The van der Waals surface area contributed by atoms with Crippen LogP contribution in [0.2, 0.25) is 0 Å². The van der Waals surface area contributed by atoms with E-state index in [0.717, 1.165) is 33.5 Å². The molecule has 2 rings (SSSR count). The van der Waals surface area contributed by atoms with E-state index in [9.17, 15) is 4.79 Å². The van der Waals surface area contributed by atoms with Crippen molar-refractivity contribution in [2.24, 2.45) is 5.92 Å². The number of aliphatic carboxylic acids is 1. The number of hydrogen-bond acceptors (Lipinski definition) is 2. The summed E-state index contributed by atoms with van der Waals surface area (Å²) in [6, 6.07) is 3.96. The average molecular weight is 261 g/mol. The highest BCUT2D eigenvalue weighted by Crippen LogP contribution is 2.30. The molecule has 2 N–H and O–H groups in total. The van der Waals surface area contributed by atoms with Crippen LogP contribution in [0.3, 0.4) is 0 Å². The zero-order valence-electron chi connectivity index (χ0n) is 11.7. The van der Waals surface area contributed by atoms with E-state index in [-0.39, 0.29) is 0 Å². The number of benzene rings is 1. The Hall–Kier alpha value is -1.97. The summed E-state index contributed by atoms with van der Waals surface area (Å²) in [7, 11) is 1.65. The van der Waals surface area contributed by atoms with Gasteiger partial charge in [0.05, 0.1) is 13.0 Å². The first-order chi connectivity index (χ1) is 8.93. The molecular formula is C15H19NO3. The maximum atomic E-state index is 11.0. The number of aryl methyl sites for hydroxylation is 2. The van der Waals surface area contributed by atoms with Crippen LogP contribution in [0.4, 0.5) is 0 Å². The number of methoxy groups -OCH3 is 1. The molecule has 0 fully saturated rings. The van der Waals surface area contributed by atoms with Crippen molar-refractivity contribution in [3.63, 3.8) is 0 Å². The Balaban J connectivity index is 2.50. The van der Waals surface area contributed by atoms with Gasteiger partial charge in [-0.05, 0) is 37.1 Å². The zero-order chi connectivity index (χ0) is 14.2. The van der Waals surface area contributed by atoms with Gasteiger partial charge in [0.25, 0.3) is 0 Å². The minimum atomic E-state index is -0.771. The van der Waals surface area contributed by atoms with Gasteiger partial charge in [0.2, 0.25) is 0 Å². The Bertz CT molecular complexity index is 628. The van der Waals surface area contributed by atoms with Crippen LogP contribution in [0.25, 0.3) is 10.9 Å². The van der Waals surface area contributed by atoms with Gasteiger partial charge in [-0.2, -0.15) is 0 Å². The minimum absolute atomic E-state index is 0.394. The molecule has 0 saturated heterocycles. The number of fused-ring (bicyclic) bond motifs is 1. The van der Waals surface area contributed by atoms with Gasteiger partial charge >= 0.3 is 5.97 Å². The molecule has 0 amide bonds. The minimum Gasteiger partial charge on any atom is -0.497 e. The van der Waals surface area contributed by atoms with Crippen molar-refractivity contribution in [3.05, 3.63) is 29.0 Å². The second-order valence-corrected chi connectivity index (χ2v) is 5.04. The number of hydrogen-bond donors (Lipinski definition) is 2. The highest BCUT2D eigenvalue weighted by Gasteiger charge is 2.17. The molecule has 0 aliphatic carbocycles. The lowest BCUT2D eigenvalue weighted by Gasteiger charge is -2.05. The number of carboxylic acids is 1. The fourth-order valence-electron chi connectivity index (χ4n) is 2.34. The molecular weight excluding hydrogens is 242 g/mol. The summed E-state index contributed by atoms with van der Waals surface area (Å²) in [6.07, 6.45) is 0.512. The Morgan fingerprint density at radius 2 is 2.11 bits per heavy atom. The molecule has 0 radical (unpaired) electrons. The predicted molar refractivity (Wildman–Crippen MR) is 74.8 cm³/mol. The summed E-state index contributed by atoms with van der Waals surface area (Å²) in [5.74, 6) is -0.341. The van der Waals surface area contributed by atoms with Gasteiger partial charge in [-0.3, -0.25) is 4.79 Å². The van der Waals surface area contributed by atoms with Crippen LogP contribution in [0, 0.1) is 19.8 Å². The molecule has 0 spiro atoms. The fraction of sp³-hybridized carbons (Fsp3) is 0.400. The van der Waals surface area contributed by atoms with E-state index in [2.05, 4.69) is 4.98 Å². The standard InChI is InChI=1S/C15H19NO3/c1-8-5-11(19-4)7-12-10(3)13(16-14(8)12)6-9(2)15(17)18/h5,7,9,16H,6H2,1-4H3,(H,17,18). The van der Waals surface area contributed by atoms with Crippen LogP contribution < -0.4 is 4.74 Å². The van der Waals surface area contributed by atoms with Gasteiger partial charge < -0.3 is 14.8 Å². The molecule has 1 heterocycles. The van der Waals surface area contributed by atoms with E-state index < -0.39 is 11.9 Å². The van der Waals surface area contributed by atoms with E-state index in [4.69, 9.17) is 9.84 Å². The lowest BCUT2D eigenvalue weighted by molar-refractivity contribution is -0.141. The second-order valence-electron chi connectivity index (χ2n) is 5.04. The maximum absolute atomic E-state index is 11.0. The number of H-pyrrole nitrogens is 1. The predicted octanol–water partition coefficient (Wildman–Crippen LogP) is 3.06. The lowest BCUT2D eigenvalue weighted by atomic mass is 10.0. The fourth-order valence-corrected chi connectivity index (χ4v) is 2.34. The van der Waals surface area contributed by atoms with E-state index in [1.807, 2.05) is 26.0 Å². The number of rotatable bonds is 4. The Morgan fingerprint density at radius 1 is 1.42 bits per heavy atom. The highest BCUT2D eigenvalue weighted by molar-refractivity contribution is 5.88. The van der Waals surface area contributed by atoms with Crippen LogP contribution in [0.1, 0.15) is 23.7 Å². The second kappa shape index (κ2) is 4.96. The van der Waals surface area contributed by atoms with Crippen LogP contribution in [0.15, 0.2) is 12.1 Å². The van der Waals surface area contributed by atoms with Crippen molar-refractivity contribution in [2.75, 3.05) is 7.11 Å². The molecule has 0 aliphatic heterocycles. The molecule has 0 saturated carbocycles. The quantitative estimate of drug-likeness (QED) is 0.889. The molecule has 102 valence electrons. The van der Waals surface area contributed by atoms with Crippen molar-refractivity contribution in [1.29, 1.82) is 0 Å². The third kappa shape index (κ3) is 2.43. The van der Waals surface area contributed by atoms with Gasteiger partial charge in [0.15, 0.2) is 0 Å². The largest absolute Gasteiger partial charge is 0.497 e. The van der Waals surface area contributed by atoms with Crippen LogP contribution >= 0.6 is 0 Å². The number of nitrogens with one attached hydrogen (secondary N) is 1. The molecule has 2 aromatic rings. The third-order valence-electron chi connectivity index (χ3n) is 3.61. The normalized spacial score (nSPS) is 12.6. The van der Waals surface area contributed by atoms with Crippen molar-refractivity contribution >= 4 is 16.9 Å². The van der Waals surface area contributed by atoms with Crippen LogP contribution in [-0.4, -0.2) is 23.2 Å². The number of aromatic amines is 1. The zero-order valence-corrected chi connectivity index (χ0v) is 11.7. The number of carboxylic acid groups (broad SMARTS) is 1. The van der Waals surface area contributed by atoms with Gasteiger partial charge in [0.1, 0.15) is 5.75 Å². The monoisotopic (exact) mass is 261 g/mol. The Labute approximate surface area is 112 Å². The van der Waals surface area contributed by atoms with E-state index in [1.165, 1.54) is 0 Å². The number of ether oxygens (including phenoxy) is 1. The summed E-state index contributed by atoms with van der Waals surface area (Å²) in [4.78, 5) is 14.3. The summed E-state index contributed by atoms with van der Waals surface area (Å²) in [5, 5.41) is 10.1. The first-order valence-electron chi connectivity index (χ1n) is 6.32. The molecule has 1 aromatic carbocycles. The lowest BCUT2D eigenvalue weighted by Crippen LogP contribution is -2.12. The summed E-state index contributed by atoms with van der Waals surface area (Å²) < 4.78 is 5.28. The summed E-state index contributed by atoms with van der Waals surface area (Å²) in [5.41, 5.74) is 4.25. The molecule has 0 bridgehead atoms. The van der Waals surface area contributed by atoms with E-state index in [0.29, 0.717) is 6.42 Å². The number of carbonyl (C=O) groups is 1. The number of aromatic nitrogens is 1. The smallest absolute Gasteiger partial charge is 0.306 e. The Morgan fingerprint density at radius 3 is 2.68 bits per heavy atom. The van der Waals surface area contributed by atoms with Gasteiger partial charge in [0, 0.05) is 23.0 Å². The van der Waals surface area contributed by atoms with Gasteiger partial charge in [-0.15, -0.1) is 0 Å².